The van der Waals surface area contributed by atoms with Crippen LogP contribution in [0.3, 0.4) is 0 Å². The summed E-state index contributed by atoms with van der Waals surface area (Å²) in [7, 11) is 3.76. The Morgan fingerprint density at radius 2 is 2.05 bits per heavy atom. The third-order valence-corrected chi connectivity index (χ3v) is 4.42. The smallest absolute Gasteiger partial charge is 0.180 e. The van der Waals surface area contributed by atoms with Crippen LogP contribution in [0.4, 0.5) is 0 Å². The molecular formula is C17H26N2O2. The molecule has 1 fully saturated rings. The highest BCUT2D eigenvalue weighted by atomic mass is 16.5. The Hall–Kier alpha value is -1.39. The zero-order valence-electron chi connectivity index (χ0n) is 13.8. The first-order valence-electron chi connectivity index (χ1n) is 7.45. The van der Waals surface area contributed by atoms with Crippen LogP contribution >= 0.6 is 0 Å². The van der Waals surface area contributed by atoms with E-state index in [0.717, 1.165) is 25.2 Å². The molecular weight excluding hydrogens is 264 g/mol. The van der Waals surface area contributed by atoms with E-state index in [2.05, 4.69) is 30.7 Å². The summed E-state index contributed by atoms with van der Waals surface area (Å²) in [6, 6.07) is 5.75. The largest absolute Gasteiger partial charge is 0.496 e. The molecule has 0 aliphatic carbocycles. The van der Waals surface area contributed by atoms with Crippen LogP contribution < -0.4 is 4.74 Å². The average molecular weight is 290 g/mol. The monoisotopic (exact) mass is 290 g/mol. The van der Waals surface area contributed by atoms with Crippen LogP contribution in [0.2, 0.25) is 0 Å². The molecule has 1 heterocycles. The van der Waals surface area contributed by atoms with E-state index in [1.807, 2.05) is 25.1 Å². The lowest BCUT2D eigenvalue weighted by atomic mass is 9.99. The van der Waals surface area contributed by atoms with Gasteiger partial charge in [-0.15, -0.1) is 0 Å². The topological polar surface area (TPSA) is 32.8 Å². The minimum Gasteiger partial charge on any atom is -0.496 e. The molecule has 0 radical (unpaired) electrons. The highest BCUT2D eigenvalue weighted by Crippen LogP contribution is 2.23. The van der Waals surface area contributed by atoms with Gasteiger partial charge >= 0.3 is 0 Å². The zero-order chi connectivity index (χ0) is 15.6. The van der Waals surface area contributed by atoms with E-state index in [9.17, 15) is 4.79 Å². The van der Waals surface area contributed by atoms with Gasteiger partial charge in [-0.05, 0) is 45.5 Å². The predicted molar refractivity (Wildman–Crippen MR) is 85.2 cm³/mol. The number of piperazine rings is 1. The van der Waals surface area contributed by atoms with E-state index in [1.165, 1.54) is 0 Å². The lowest BCUT2D eigenvalue weighted by Gasteiger charge is -2.45. The first-order chi connectivity index (χ1) is 9.83. The molecule has 4 nitrogen and oxygen atoms in total. The van der Waals surface area contributed by atoms with Crippen molar-refractivity contribution >= 4 is 5.78 Å². The van der Waals surface area contributed by atoms with Gasteiger partial charge in [0.05, 0.1) is 19.2 Å². The number of benzene rings is 1. The van der Waals surface area contributed by atoms with Crippen LogP contribution in [0.15, 0.2) is 18.2 Å². The molecule has 2 rings (SSSR count). The number of Topliss-reactive ketones (excluding diaryl/α,β-unsaturated/α-hetero) is 1. The van der Waals surface area contributed by atoms with Gasteiger partial charge in [0.25, 0.3) is 0 Å². The van der Waals surface area contributed by atoms with Crippen molar-refractivity contribution < 1.29 is 9.53 Å². The second-order valence-electron chi connectivity index (χ2n) is 6.57. The van der Waals surface area contributed by atoms with Gasteiger partial charge in [-0.1, -0.05) is 6.07 Å². The summed E-state index contributed by atoms with van der Waals surface area (Å²) >= 11 is 0. The summed E-state index contributed by atoms with van der Waals surface area (Å²) in [6.07, 6.45) is 0. The van der Waals surface area contributed by atoms with Crippen molar-refractivity contribution in [3.8, 4) is 5.75 Å². The molecule has 21 heavy (non-hydrogen) atoms. The molecule has 1 aromatic rings. The molecule has 1 aliphatic heterocycles. The fourth-order valence-corrected chi connectivity index (χ4v) is 2.79. The third kappa shape index (κ3) is 3.63. The van der Waals surface area contributed by atoms with Gasteiger partial charge in [0.15, 0.2) is 5.78 Å². The highest BCUT2D eigenvalue weighted by Gasteiger charge is 2.32. The SMILES string of the molecule is COc1cc(C)ccc1C(=O)CN1CCN(C)C(C)(C)C1. The van der Waals surface area contributed by atoms with Gasteiger partial charge in [-0.2, -0.15) is 0 Å². The minimum absolute atomic E-state index is 0.107. The standard InChI is InChI=1S/C17H26N2O2/c1-13-6-7-14(16(10-13)21-5)15(20)11-19-9-8-18(4)17(2,3)12-19/h6-7,10H,8-9,11-12H2,1-5H3. The van der Waals surface area contributed by atoms with Gasteiger partial charge in [0.2, 0.25) is 0 Å². The van der Waals surface area contributed by atoms with Gasteiger partial charge in [0, 0.05) is 25.2 Å². The summed E-state index contributed by atoms with van der Waals surface area (Å²) in [6.45, 7) is 9.72. The molecule has 1 aliphatic rings. The van der Waals surface area contributed by atoms with Gasteiger partial charge in [-0.3, -0.25) is 14.6 Å². The molecule has 116 valence electrons. The first kappa shape index (κ1) is 16.0. The molecule has 0 atom stereocenters. The summed E-state index contributed by atoms with van der Waals surface area (Å²) in [4.78, 5) is 17.1. The lowest BCUT2D eigenvalue weighted by molar-refractivity contribution is 0.0389. The Bertz CT molecular complexity index is 526. The molecule has 0 N–H and O–H groups in total. The summed E-state index contributed by atoms with van der Waals surface area (Å²) in [5, 5.41) is 0. The van der Waals surface area contributed by atoms with E-state index in [4.69, 9.17) is 4.74 Å². The molecule has 1 aromatic carbocycles. The Kier molecular flexibility index (Phi) is 4.69. The molecule has 0 saturated carbocycles. The average Bonchev–Trinajstić information content (AvgIpc) is 2.42. The number of ether oxygens (including phenoxy) is 1. The summed E-state index contributed by atoms with van der Waals surface area (Å²) < 4.78 is 5.35. The van der Waals surface area contributed by atoms with Gasteiger partial charge < -0.3 is 4.74 Å². The Morgan fingerprint density at radius 3 is 2.67 bits per heavy atom. The lowest BCUT2D eigenvalue weighted by Crippen LogP contribution is -2.58. The molecule has 0 amide bonds. The first-order valence-corrected chi connectivity index (χ1v) is 7.45. The maximum Gasteiger partial charge on any atom is 0.180 e. The number of hydrogen-bond donors (Lipinski definition) is 0. The normalized spacial score (nSPS) is 19.5. The van der Waals surface area contributed by atoms with E-state index in [1.54, 1.807) is 7.11 Å². The van der Waals surface area contributed by atoms with E-state index >= 15 is 0 Å². The number of aryl methyl sites for hydroxylation is 1. The van der Waals surface area contributed by atoms with Crippen molar-refractivity contribution in [3.63, 3.8) is 0 Å². The second-order valence-corrected chi connectivity index (χ2v) is 6.57. The number of nitrogens with zero attached hydrogens (tertiary/aromatic N) is 2. The number of ketones is 1. The van der Waals surface area contributed by atoms with Crippen LogP contribution in [-0.2, 0) is 0 Å². The van der Waals surface area contributed by atoms with Crippen molar-refractivity contribution in [2.75, 3.05) is 40.3 Å². The quantitative estimate of drug-likeness (QED) is 0.796. The van der Waals surface area contributed by atoms with Crippen LogP contribution in [-0.4, -0.2) is 61.5 Å². The van der Waals surface area contributed by atoms with E-state index in [0.29, 0.717) is 17.9 Å². The molecule has 1 saturated heterocycles. The highest BCUT2D eigenvalue weighted by molar-refractivity contribution is 6.00. The van der Waals surface area contributed by atoms with Crippen molar-refractivity contribution in [1.29, 1.82) is 0 Å². The van der Waals surface area contributed by atoms with Gasteiger partial charge in [-0.25, -0.2) is 0 Å². The zero-order valence-corrected chi connectivity index (χ0v) is 13.8. The molecule has 0 spiro atoms. The van der Waals surface area contributed by atoms with E-state index in [-0.39, 0.29) is 11.3 Å². The Morgan fingerprint density at radius 1 is 1.33 bits per heavy atom. The van der Waals surface area contributed by atoms with Crippen molar-refractivity contribution in [3.05, 3.63) is 29.3 Å². The summed E-state index contributed by atoms with van der Waals surface area (Å²) in [5.41, 5.74) is 1.89. The molecule has 0 bridgehead atoms. The van der Waals surface area contributed by atoms with Crippen LogP contribution in [0.25, 0.3) is 0 Å². The predicted octanol–water partition coefficient (Wildman–Crippen LogP) is 2.21. The molecule has 0 aromatic heterocycles. The summed E-state index contributed by atoms with van der Waals surface area (Å²) in [5.74, 6) is 0.806. The Balaban J connectivity index is 2.08. The maximum atomic E-state index is 12.6. The number of carbonyl (C=O) groups excluding carboxylic acids is 1. The minimum atomic E-state index is 0.107. The molecule has 4 heteroatoms. The van der Waals surface area contributed by atoms with E-state index < -0.39 is 0 Å². The van der Waals surface area contributed by atoms with Crippen molar-refractivity contribution in [2.45, 2.75) is 26.3 Å². The third-order valence-electron chi connectivity index (χ3n) is 4.42. The fourth-order valence-electron chi connectivity index (χ4n) is 2.79. The number of hydrogen-bond acceptors (Lipinski definition) is 4. The molecule has 0 unspecified atom stereocenters. The number of likely N-dealkylation sites (N-methyl/N-ethyl adjacent to an activating group) is 1. The van der Waals surface area contributed by atoms with Crippen molar-refractivity contribution in [2.24, 2.45) is 0 Å². The van der Waals surface area contributed by atoms with Gasteiger partial charge in [0.1, 0.15) is 5.75 Å². The maximum absolute atomic E-state index is 12.6. The second kappa shape index (κ2) is 6.16. The van der Waals surface area contributed by atoms with Crippen LogP contribution in [0.1, 0.15) is 29.8 Å². The van der Waals surface area contributed by atoms with Crippen molar-refractivity contribution in [1.82, 2.24) is 9.80 Å². The fraction of sp³-hybridized carbons (Fsp3) is 0.588. The number of methoxy groups -OCH3 is 1. The number of carbonyl (C=O) groups is 1. The Labute approximate surface area is 127 Å². The van der Waals surface area contributed by atoms with Crippen LogP contribution in [0, 0.1) is 6.92 Å². The van der Waals surface area contributed by atoms with Crippen LogP contribution in [0.5, 0.6) is 5.75 Å². The number of rotatable bonds is 4.